The van der Waals surface area contributed by atoms with Crippen molar-refractivity contribution in [1.82, 2.24) is 4.98 Å². The highest BCUT2D eigenvalue weighted by atomic mass is 19.1. The Morgan fingerprint density at radius 1 is 1.23 bits per heavy atom. The van der Waals surface area contributed by atoms with Gasteiger partial charge >= 0.3 is 0 Å². The zero-order valence-electron chi connectivity index (χ0n) is 11.4. The molecule has 5 nitrogen and oxygen atoms in total. The molecule has 0 unspecified atom stereocenters. The number of amides is 1. The van der Waals surface area contributed by atoms with Crippen LogP contribution in [0.5, 0.6) is 5.88 Å². The van der Waals surface area contributed by atoms with E-state index in [2.05, 4.69) is 9.98 Å². The summed E-state index contributed by atoms with van der Waals surface area (Å²) in [4.78, 5) is 18.0. The second-order valence-electron chi connectivity index (χ2n) is 4.75. The summed E-state index contributed by atoms with van der Waals surface area (Å²) in [6.45, 7) is 0. The zero-order chi connectivity index (χ0) is 15.7. The zero-order valence-corrected chi connectivity index (χ0v) is 11.4. The van der Waals surface area contributed by atoms with E-state index in [-0.39, 0.29) is 5.88 Å². The van der Waals surface area contributed by atoms with Gasteiger partial charge in [-0.05, 0) is 42.5 Å². The van der Waals surface area contributed by atoms with E-state index in [1.807, 2.05) is 0 Å². The number of aromatic hydroxyl groups is 1. The van der Waals surface area contributed by atoms with Crippen LogP contribution in [0.25, 0.3) is 10.9 Å². The molecular weight excluding hydrogens is 285 g/mol. The van der Waals surface area contributed by atoms with E-state index >= 15 is 0 Å². The van der Waals surface area contributed by atoms with Crippen LogP contribution in [-0.2, 0) is 0 Å². The van der Waals surface area contributed by atoms with Gasteiger partial charge in [-0.2, -0.15) is 0 Å². The molecule has 0 aliphatic rings. The van der Waals surface area contributed by atoms with Gasteiger partial charge in [0.05, 0.1) is 11.3 Å². The van der Waals surface area contributed by atoms with Crippen LogP contribution in [0.1, 0.15) is 15.9 Å². The molecule has 0 spiro atoms. The molecule has 0 fully saturated rings. The summed E-state index contributed by atoms with van der Waals surface area (Å²) in [7, 11) is 0. The second kappa shape index (κ2) is 5.33. The van der Waals surface area contributed by atoms with Gasteiger partial charge in [0.2, 0.25) is 5.91 Å². The van der Waals surface area contributed by atoms with Crippen LogP contribution < -0.4 is 5.73 Å². The number of nitrogens with two attached hydrogens (primary N) is 1. The Morgan fingerprint density at radius 2 is 1.95 bits per heavy atom. The monoisotopic (exact) mass is 297 g/mol. The van der Waals surface area contributed by atoms with E-state index in [1.54, 1.807) is 30.3 Å². The van der Waals surface area contributed by atoms with Crippen molar-refractivity contribution in [2.24, 2.45) is 10.7 Å². The molecule has 6 heteroatoms. The predicted molar refractivity (Wildman–Crippen MR) is 82.1 cm³/mol. The van der Waals surface area contributed by atoms with E-state index < -0.39 is 11.7 Å². The highest BCUT2D eigenvalue weighted by Gasteiger charge is 2.09. The maximum absolute atomic E-state index is 13.3. The third kappa shape index (κ3) is 2.54. The lowest BCUT2D eigenvalue weighted by Gasteiger charge is -1.97. The maximum Gasteiger partial charge on any atom is 0.248 e. The van der Waals surface area contributed by atoms with Crippen LogP contribution in [0.3, 0.4) is 0 Å². The molecule has 3 rings (SSSR count). The van der Waals surface area contributed by atoms with Gasteiger partial charge in [0.25, 0.3) is 0 Å². The molecular formula is C16H12FN3O2. The summed E-state index contributed by atoms with van der Waals surface area (Å²) >= 11 is 0. The van der Waals surface area contributed by atoms with Crippen LogP contribution in [0, 0.1) is 5.82 Å². The van der Waals surface area contributed by atoms with Crippen molar-refractivity contribution in [3.05, 3.63) is 59.4 Å². The Bertz CT molecular complexity index is 882. The van der Waals surface area contributed by atoms with Crippen molar-refractivity contribution in [1.29, 1.82) is 0 Å². The smallest absolute Gasteiger partial charge is 0.248 e. The van der Waals surface area contributed by atoms with Gasteiger partial charge in [-0.3, -0.25) is 9.79 Å². The Balaban J connectivity index is 1.96. The number of benzene rings is 2. The molecule has 3 aromatic rings. The largest absolute Gasteiger partial charge is 0.494 e. The highest BCUT2D eigenvalue weighted by Crippen LogP contribution is 2.27. The highest BCUT2D eigenvalue weighted by molar-refractivity contribution is 6.02. The van der Waals surface area contributed by atoms with Crippen molar-refractivity contribution in [2.45, 2.75) is 0 Å². The molecule has 1 amide bonds. The minimum absolute atomic E-state index is 0.0851. The number of primary amides is 1. The number of aliphatic imine (C=N–C) groups is 1. The third-order valence-electron chi connectivity index (χ3n) is 3.27. The first-order valence-electron chi connectivity index (χ1n) is 6.49. The standard InChI is InChI=1S/C16H12FN3O2/c17-10-3-6-14-12(7-10)13(16(22)20-14)8-19-11-4-1-9(2-5-11)15(18)21/h1-8,20,22H,(H2,18,21). The summed E-state index contributed by atoms with van der Waals surface area (Å²) in [5.41, 5.74) is 7.14. The fourth-order valence-electron chi connectivity index (χ4n) is 2.15. The SMILES string of the molecule is NC(=O)c1ccc(N=Cc2c(O)[nH]c3ccc(F)cc23)cc1. The van der Waals surface area contributed by atoms with Crippen LogP contribution in [-0.4, -0.2) is 22.2 Å². The van der Waals surface area contributed by atoms with Crippen molar-refractivity contribution >= 4 is 28.7 Å². The van der Waals surface area contributed by atoms with Gasteiger partial charge in [-0.1, -0.05) is 0 Å². The first-order valence-corrected chi connectivity index (χ1v) is 6.49. The van der Waals surface area contributed by atoms with E-state index in [9.17, 15) is 14.3 Å². The first-order chi connectivity index (χ1) is 10.5. The molecule has 0 radical (unpaired) electrons. The molecule has 0 bridgehead atoms. The number of aromatic amines is 1. The Kier molecular flexibility index (Phi) is 3.34. The van der Waals surface area contributed by atoms with Gasteiger partial charge < -0.3 is 15.8 Å². The van der Waals surface area contributed by atoms with Crippen molar-refractivity contribution in [3.63, 3.8) is 0 Å². The number of carbonyl (C=O) groups is 1. The molecule has 4 N–H and O–H groups in total. The molecule has 22 heavy (non-hydrogen) atoms. The minimum atomic E-state index is -0.514. The van der Waals surface area contributed by atoms with Crippen LogP contribution in [0.2, 0.25) is 0 Å². The quantitative estimate of drug-likeness (QED) is 0.649. The number of carbonyl (C=O) groups excluding carboxylic acids is 1. The van der Waals surface area contributed by atoms with Gasteiger partial charge in [-0.15, -0.1) is 0 Å². The minimum Gasteiger partial charge on any atom is -0.494 e. The number of halogens is 1. The molecule has 2 aromatic carbocycles. The van der Waals surface area contributed by atoms with Crippen LogP contribution >= 0.6 is 0 Å². The summed E-state index contributed by atoms with van der Waals surface area (Å²) in [5.74, 6) is -0.995. The molecule has 1 heterocycles. The first kappa shape index (κ1) is 13.8. The normalized spacial score (nSPS) is 11.3. The van der Waals surface area contributed by atoms with Crippen molar-refractivity contribution in [3.8, 4) is 5.88 Å². The summed E-state index contributed by atoms with van der Waals surface area (Å²) in [6.07, 6.45) is 1.44. The number of nitrogens with zero attached hydrogens (tertiary/aromatic N) is 1. The number of aromatic nitrogens is 1. The third-order valence-corrected chi connectivity index (χ3v) is 3.27. The lowest BCUT2D eigenvalue weighted by Crippen LogP contribution is -2.10. The average Bonchev–Trinajstić information content (AvgIpc) is 2.80. The maximum atomic E-state index is 13.3. The predicted octanol–water partition coefficient (Wildman–Crippen LogP) is 2.86. The Labute approximate surface area is 124 Å². The summed E-state index contributed by atoms with van der Waals surface area (Å²) in [5, 5.41) is 10.4. The van der Waals surface area contributed by atoms with E-state index in [4.69, 9.17) is 5.73 Å². The lowest BCUT2D eigenvalue weighted by atomic mass is 10.1. The molecule has 0 saturated heterocycles. The number of hydrogen-bond acceptors (Lipinski definition) is 3. The molecule has 0 atom stereocenters. The van der Waals surface area contributed by atoms with E-state index in [0.717, 1.165) is 0 Å². The summed E-state index contributed by atoms with van der Waals surface area (Å²) < 4.78 is 13.3. The Morgan fingerprint density at radius 3 is 2.64 bits per heavy atom. The molecule has 0 aliphatic carbocycles. The molecule has 1 aromatic heterocycles. The van der Waals surface area contributed by atoms with Gasteiger partial charge in [0.15, 0.2) is 5.88 Å². The van der Waals surface area contributed by atoms with Crippen LogP contribution in [0.4, 0.5) is 10.1 Å². The molecule has 0 aliphatic heterocycles. The molecule has 0 saturated carbocycles. The van der Waals surface area contributed by atoms with Crippen molar-refractivity contribution < 1.29 is 14.3 Å². The Hall–Kier alpha value is -3.15. The fourth-order valence-corrected chi connectivity index (χ4v) is 2.15. The lowest BCUT2D eigenvalue weighted by molar-refractivity contribution is 0.100. The van der Waals surface area contributed by atoms with Crippen LogP contribution in [0.15, 0.2) is 47.5 Å². The molecule has 110 valence electrons. The average molecular weight is 297 g/mol. The summed E-state index contributed by atoms with van der Waals surface area (Å²) in [6, 6.07) is 10.5. The number of hydrogen-bond donors (Lipinski definition) is 3. The van der Waals surface area contributed by atoms with Gasteiger partial charge in [-0.25, -0.2) is 4.39 Å². The number of H-pyrrole nitrogens is 1. The van der Waals surface area contributed by atoms with Gasteiger partial charge in [0.1, 0.15) is 5.82 Å². The van der Waals surface area contributed by atoms with E-state index in [1.165, 1.54) is 18.3 Å². The van der Waals surface area contributed by atoms with Crippen molar-refractivity contribution in [2.75, 3.05) is 0 Å². The number of nitrogens with one attached hydrogen (secondary N) is 1. The number of rotatable bonds is 3. The second-order valence-corrected chi connectivity index (χ2v) is 4.75. The number of fused-ring (bicyclic) bond motifs is 1. The topological polar surface area (TPSA) is 91.5 Å². The van der Waals surface area contributed by atoms with Gasteiger partial charge in [0, 0.05) is 22.7 Å². The fraction of sp³-hybridized carbons (Fsp3) is 0. The van der Waals surface area contributed by atoms with E-state index in [0.29, 0.717) is 27.7 Å².